The number of nitrogens with zero attached hydrogens (tertiary/aromatic N) is 4. The van der Waals surface area contributed by atoms with Gasteiger partial charge in [0.2, 0.25) is 5.16 Å². The zero-order valence-corrected chi connectivity index (χ0v) is 8.94. The largest absolute Gasteiger partial charge is 0.287 e. The molecule has 7 heteroatoms. The molecule has 0 radical (unpaired) electrons. The molecule has 0 amide bonds. The predicted octanol–water partition coefficient (Wildman–Crippen LogP) is 2.11. The van der Waals surface area contributed by atoms with E-state index in [0.29, 0.717) is 5.16 Å². The highest BCUT2D eigenvalue weighted by molar-refractivity contribution is 8.16. The molecule has 1 aromatic carbocycles. The fourth-order valence-electron chi connectivity index (χ4n) is 1.05. The van der Waals surface area contributed by atoms with Gasteiger partial charge in [0.15, 0.2) is 0 Å². The first kappa shape index (κ1) is 10.1. The van der Waals surface area contributed by atoms with E-state index in [4.69, 9.17) is 11.6 Å². The molecule has 0 saturated carbocycles. The lowest BCUT2D eigenvalue weighted by Gasteiger charge is -2.00. The number of hydrogen-bond acceptors (Lipinski definition) is 5. The molecule has 2 rings (SSSR count). The molecule has 1 aromatic heterocycles. The fourth-order valence-corrected chi connectivity index (χ4v) is 1.70. The maximum Gasteiger partial charge on any atom is 0.287 e. The molecule has 0 aliphatic rings. The van der Waals surface area contributed by atoms with Crippen LogP contribution in [-0.2, 0) is 0 Å². The van der Waals surface area contributed by atoms with E-state index in [1.807, 2.05) is 30.3 Å². The van der Waals surface area contributed by atoms with E-state index in [-0.39, 0.29) is 0 Å². The van der Waals surface area contributed by atoms with Crippen molar-refractivity contribution in [3.05, 3.63) is 30.3 Å². The molecular formula is C8H5ClN4OS. The molecule has 2 aromatic rings. The summed E-state index contributed by atoms with van der Waals surface area (Å²) in [7, 11) is 0. The highest BCUT2D eigenvalue weighted by Gasteiger charge is 2.11. The van der Waals surface area contributed by atoms with Crippen LogP contribution in [-0.4, -0.2) is 24.8 Å². The smallest absolute Gasteiger partial charge is 0.268 e. The van der Waals surface area contributed by atoms with Gasteiger partial charge >= 0.3 is 0 Å². The van der Waals surface area contributed by atoms with E-state index < -0.39 is 4.57 Å². The van der Waals surface area contributed by atoms with Crippen molar-refractivity contribution in [1.82, 2.24) is 20.2 Å². The molecule has 0 atom stereocenters. The molecule has 76 valence electrons. The van der Waals surface area contributed by atoms with E-state index in [2.05, 4.69) is 15.5 Å². The van der Waals surface area contributed by atoms with Crippen molar-refractivity contribution in [1.29, 1.82) is 0 Å². The van der Waals surface area contributed by atoms with Crippen LogP contribution >= 0.6 is 23.4 Å². The maximum atomic E-state index is 10.7. The standard InChI is InChI=1S/C8H5ClN4OS/c9-7(14)15-8-10-11-12-13(8)6-4-2-1-3-5-6/h1-5H. The van der Waals surface area contributed by atoms with Crippen LogP contribution in [0.25, 0.3) is 5.69 Å². The van der Waals surface area contributed by atoms with Gasteiger partial charge in [0.05, 0.1) is 5.69 Å². The molecule has 1 heterocycles. The Morgan fingerprint density at radius 2 is 2.07 bits per heavy atom. The Morgan fingerprint density at radius 3 is 2.73 bits per heavy atom. The molecule has 5 nitrogen and oxygen atoms in total. The lowest BCUT2D eigenvalue weighted by molar-refractivity contribution is 0.276. The topological polar surface area (TPSA) is 60.7 Å². The quantitative estimate of drug-likeness (QED) is 0.594. The van der Waals surface area contributed by atoms with Crippen LogP contribution in [0.1, 0.15) is 0 Å². The van der Waals surface area contributed by atoms with Crippen molar-refractivity contribution in [2.75, 3.05) is 0 Å². The van der Waals surface area contributed by atoms with Gasteiger partial charge in [0, 0.05) is 11.8 Å². The van der Waals surface area contributed by atoms with Crippen molar-refractivity contribution in [3.8, 4) is 5.69 Å². The van der Waals surface area contributed by atoms with Crippen LogP contribution in [0.4, 0.5) is 4.79 Å². The molecule has 15 heavy (non-hydrogen) atoms. The number of carbonyl (C=O) groups excluding carboxylic acids is 1. The van der Waals surface area contributed by atoms with Gasteiger partial charge in [-0.15, -0.1) is 5.10 Å². The molecule has 0 bridgehead atoms. The lowest BCUT2D eigenvalue weighted by Crippen LogP contribution is -1.98. The van der Waals surface area contributed by atoms with Gasteiger partial charge < -0.3 is 0 Å². The summed E-state index contributed by atoms with van der Waals surface area (Å²) < 4.78 is 0.882. The highest BCUT2D eigenvalue weighted by Crippen LogP contribution is 2.20. The van der Waals surface area contributed by atoms with E-state index in [0.717, 1.165) is 17.4 Å². The third-order valence-electron chi connectivity index (χ3n) is 1.61. The number of aromatic nitrogens is 4. The van der Waals surface area contributed by atoms with E-state index >= 15 is 0 Å². The van der Waals surface area contributed by atoms with Gasteiger partial charge in [-0.25, -0.2) is 0 Å². The Hall–Kier alpha value is -1.40. The van der Waals surface area contributed by atoms with Crippen LogP contribution in [0, 0.1) is 0 Å². The third kappa shape index (κ3) is 2.34. The monoisotopic (exact) mass is 240 g/mol. The van der Waals surface area contributed by atoms with Gasteiger partial charge in [0.1, 0.15) is 0 Å². The van der Waals surface area contributed by atoms with E-state index in [9.17, 15) is 4.79 Å². The summed E-state index contributed by atoms with van der Waals surface area (Å²) in [6.07, 6.45) is 0. The molecular weight excluding hydrogens is 236 g/mol. The number of thioether (sulfide) groups is 1. The minimum Gasteiger partial charge on any atom is -0.268 e. The summed E-state index contributed by atoms with van der Waals surface area (Å²) in [5, 5.41) is 11.3. The summed E-state index contributed by atoms with van der Waals surface area (Å²) in [5.41, 5.74) is 0.780. The zero-order chi connectivity index (χ0) is 10.7. The molecule has 0 fully saturated rings. The number of carbonyl (C=O) groups is 1. The summed E-state index contributed by atoms with van der Waals surface area (Å²) in [5.74, 6) is 0. The maximum absolute atomic E-state index is 10.7. The van der Waals surface area contributed by atoms with Gasteiger partial charge in [-0.3, -0.25) is 4.79 Å². The van der Waals surface area contributed by atoms with Crippen LogP contribution in [0.3, 0.4) is 0 Å². The van der Waals surface area contributed by atoms with Crippen LogP contribution in [0.2, 0.25) is 0 Å². The van der Waals surface area contributed by atoms with Gasteiger partial charge in [-0.05, 0) is 34.2 Å². The average molecular weight is 241 g/mol. The number of benzene rings is 1. The second-order valence-electron chi connectivity index (χ2n) is 2.55. The molecule has 0 aliphatic heterocycles. The molecule has 0 spiro atoms. The molecule has 0 aliphatic carbocycles. The Bertz CT molecular complexity index is 473. The first-order chi connectivity index (χ1) is 7.27. The number of para-hydroxylation sites is 1. The molecule has 0 N–H and O–H groups in total. The van der Waals surface area contributed by atoms with Crippen molar-refractivity contribution >= 4 is 27.9 Å². The van der Waals surface area contributed by atoms with Crippen molar-refractivity contribution < 1.29 is 4.79 Å². The first-order valence-corrected chi connectivity index (χ1v) is 5.18. The number of hydrogen-bond donors (Lipinski definition) is 0. The third-order valence-corrected chi connectivity index (χ3v) is 2.44. The number of tetrazole rings is 1. The summed E-state index contributed by atoms with van der Waals surface area (Å²) in [6, 6.07) is 9.26. The lowest BCUT2D eigenvalue weighted by atomic mass is 10.3. The van der Waals surface area contributed by atoms with Gasteiger partial charge in [-0.2, -0.15) is 4.68 Å². The van der Waals surface area contributed by atoms with Gasteiger partial charge in [0.25, 0.3) is 4.57 Å². The van der Waals surface area contributed by atoms with E-state index in [1.165, 1.54) is 4.68 Å². The second kappa shape index (κ2) is 4.41. The highest BCUT2D eigenvalue weighted by atomic mass is 35.5. The van der Waals surface area contributed by atoms with Crippen molar-refractivity contribution in [3.63, 3.8) is 0 Å². The fraction of sp³-hybridized carbons (Fsp3) is 0. The van der Waals surface area contributed by atoms with Crippen LogP contribution in [0.5, 0.6) is 0 Å². The second-order valence-corrected chi connectivity index (χ2v) is 4.06. The minimum atomic E-state index is -0.568. The Labute approximate surface area is 94.4 Å². The van der Waals surface area contributed by atoms with Crippen molar-refractivity contribution in [2.45, 2.75) is 5.16 Å². The van der Waals surface area contributed by atoms with E-state index in [1.54, 1.807) is 0 Å². The Balaban J connectivity index is 2.37. The number of rotatable bonds is 2. The Morgan fingerprint density at radius 1 is 1.33 bits per heavy atom. The minimum absolute atomic E-state index is 0.348. The summed E-state index contributed by atoms with van der Waals surface area (Å²) >= 11 is 6.02. The normalized spacial score (nSPS) is 10.2. The van der Waals surface area contributed by atoms with Gasteiger partial charge in [-0.1, -0.05) is 18.2 Å². The van der Waals surface area contributed by atoms with Crippen molar-refractivity contribution in [2.24, 2.45) is 0 Å². The first-order valence-electron chi connectivity index (χ1n) is 3.98. The zero-order valence-electron chi connectivity index (χ0n) is 7.37. The Kier molecular flexibility index (Phi) is 2.98. The predicted molar refractivity (Wildman–Crippen MR) is 56.3 cm³/mol. The van der Waals surface area contributed by atoms with Crippen LogP contribution < -0.4 is 0 Å². The number of halogens is 1. The summed E-state index contributed by atoms with van der Waals surface area (Å²) in [6.45, 7) is 0. The summed E-state index contributed by atoms with van der Waals surface area (Å²) in [4.78, 5) is 10.7. The van der Waals surface area contributed by atoms with Crippen LogP contribution in [0.15, 0.2) is 35.5 Å². The molecule has 0 saturated heterocycles. The average Bonchev–Trinajstić information content (AvgIpc) is 2.66. The SMILES string of the molecule is O=C(Cl)Sc1nnnn1-c1ccccc1. The molecule has 0 unspecified atom stereocenters.